The quantitative estimate of drug-likeness (QED) is 0.576. The molecule has 5 nitrogen and oxygen atoms in total. The molecular formula is C19H14ClNO4S. The highest BCUT2D eigenvalue weighted by molar-refractivity contribution is 8.18. The van der Waals surface area contributed by atoms with Crippen molar-refractivity contribution in [2.24, 2.45) is 0 Å². The van der Waals surface area contributed by atoms with E-state index in [1.54, 1.807) is 54.6 Å². The van der Waals surface area contributed by atoms with Gasteiger partial charge in [0.05, 0.1) is 24.1 Å². The van der Waals surface area contributed by atoms with Gasteiger partial charge in [0.15, 0.2) is 0 Å². The first kappa shape index (κ1) is 18.2. The molecule has 7 heteroatoms. The fourth-order valence-electron chi connectivity index (χ4n) is 2.42. The van der Waals surface area contributed by atoms with Gasteiger partial charge in [0.2, 0.25) is 0 Å². The molecule has 0 atom stereocenters. The lowest BCUT2D eigenvalue weighted by Crippen LogP contribution is -2.27. The van der Waals surface area contributed by atoms with Crippen LogP contribution in [0.4, 0.5) is 4.79 Å². The Morgan fingerprint density at radius 3 is 2.50 bits per heavy atom. The minimum Gasteiger partial charge on any atom is -0.465 e. The van der Waals surface area contributed by atoms with Gasteiger partial charge in [0.1, 0.15) is 0 Å². The first-order chi connectivity index (χ1) is 12.5. The lowest BCUT2D eigenvalue weighted by Gasteiger charge is -2.13. The van der Waals surface area contributed by atoms with E-state index in [0.717, 1.165) is 11.8 Å². The van der Waals surface area contributed by atoms with Crippen molar-refractivity contribution in [2.45, 2.75) is 6.54 Å². The number of ether oxygens (including phenoxy) is 1. The summed E-state index contributed by atoms with van der Waals surface area (Å²) in [5.41, 5.74) is 1.83. The van der Waals surface area contributed by atoms with Crippen LogP contribution in [-0.4, -0.2) is 29.1 Å². The fourth-order valence-corrected chi connectivity index (χ4v) is 3.45. The lowest BCUT2D eigenvalue weighted by molar-refractivity contribution is -0.123. The second kappa shape index (κ2) is 7.76. The molecule has 26 heavy (non-hydrogen) atoms. The number of imide groups is 1. The molecule has 0 spiro atoms. The largest absolute Gasteiger partial charge is 0.465 e. The minimum atomic E-state index is -0.434. The monoisotopic (exact) mass is 387 g/mol. The van der Waals surface area contributed by atoms with Crippen LogP contribution in [0.25, 0.3) is 6.08 Å². The van der Waals surface area contributed by atoms with E-state index < -0.39 is 5.97 Å². The van der Waals surface area contributed by atoms with Crippen molar-refractivity contribution in [3.63, 3.8) is 0 Å². The summed E-state index contributed by atoms with van der Waals surface area (Å²) in [4.78, 5) is 37.7. The number of nitrogens with zero attached hydrogens (tertiary/aromatic N) is 1. The summed E-state index contributed by atoms with van der Waals surface area (Å²) in [6, 6.07) is 13.7. The van der Waals surface area contributed by atoms with Crippen molar-refractivity contribution in [3.8, 4) is 0 Å². The number of carbonyl (C=O) groups is 3. The number of halogens is 1. The van der Waals surface area contributed by atoms with Crippen LogP contribution in [0.1, 0.15) is 21.5 Å². The van der Waals surface area contributed by atoms with Crippen molar-refractivity contribution >= 4 is 46.6 Å². The van der Waals surface area contributed by atoms with Crippen LogP contribution >= 0.6 is 23.4 Å². The molecule has 0 saturated carbocycles. The zero-order valence-corrected chi connectivity index (χ0v) is 15.3. The third-order valence-corrected chi connectivity index (χ3v) is 5.07. The number of esters is 1. The third-order valence-electron chi connectivity index (χ3n) is 3.79. The normalized spacial score (nSPS) is 15.6. The minimum absolute atomic E-state index is 0.128. The summed E-state index contributed by atoms with van der Waals surface area (Å²) in [5, 5.41) is 0.168. The molecule has 2 aromatic carbocycles. The van der Waals surface area contributed by atoms with Gasteiger partial charge in [-0.15, -0.1) is 0 Å². The SMILES string of the molecule is COC(=O)c1ccc(/C=C2/SC(=O)N(Cc3ccccc3Cl)C2=O)cc1. The van der Waals surface area contributed by atoms with Crippen molar-refractivity contribution in [1.82, 2.24) is 4.90 Å². The maximum atomic E-state index is 12.6. The van der Waals surface area contributed by atoms with Gasteiger partial charge in [-0.2, -0.15) is 0 Å². The van der Waals surface area contributed by atoms with E-state index in [-0.39, 0.29) is 17.7 Å². The maximum absolute atomic E-state index is 12.6. The van der Waals surface area contributed by atoms with E-state index in [1.807, 2.05) is 0 Å². The number of amides is 2. The number of thioether (sulfide) groups is 1. The summed E-state index contributed by atoms with van der Waals surface area (Å²) in [6.45, 7) is 0.128. The predicted octanol–water partition coefficient (Wildman–Crippen LogP) is 4.36. The molecule has 0 radical (unpaired) electrons. The highest BCUT2D eigenvalue weighted by Gasteiger charge is 2.35. The molecule has 0 unspecified atom stereocenters. The van der Waals surface area contributed by atoms with Crippen molar-refractivity contribution < 1.29 is 19.1 Å². The molecule has 0 aliphatic carbocycles. The van der Waals surface area contributed by atoms with E-state index in [4.69, 9.17) is 11.6 Å². The van der Waals surface area contributed by atoms with Gasteiger partial charge in [0.25, 0.3) is 11.1 Å². The van der Waals surface area contributed by atoms with Gasteiger partial charge in [-0.1, -0.05) is 41.9 Å². The average molecular weight is 388 g/mol. The molecule has 1 aliphatic rings. The predicted molar refractivity (Wildman–Crippen MR) is 101 cm³/mol. The number of hydrogen-bond donors (Lipinski definition) is 0. The highest BCUT2D eigenvalue weighted by atomic mass is 35.5. The molecule has 2 aromatic rings. The fraction of sp³-hybridized carbons (Fsp3) is 0.105. The lowest BCUT2D eigenvalue weighted by atomic mass is 10.1. The molecule has 2 amide bonds. The van der Waals surface area contributed by atoms with E-state index in [0.29, 0.717) is 26.6 Å². The van der Waals surface area contributed by atoms with Crippen LogP contribution in [0.3, 0.4) is 0 Å². The Labute approximate surface area is 159 Å². The molecule has 1 fully saturated rings. The second-order valence-corrected chi connectivity index (χ2v) is 6.87. The van der Waals surface area contributed by atoms with Crippen LogP contribution in [0, 0.1) is 0 Å². The molecule has 0 bridgehead atoms. The second-order valence-electron chi connectivity index (χ2n) is 5.47. The summed E-state index contributed by atoms with van der Waals surface area (Å²) >= 11 is 6.99. The van der Waals surface area contributed by atoms with Gasteiger partial charge in [-0.05, 0) is 47.2 Å². The van der Waals surface area contributed by atoms with Crippen LogP contribution < -0.4 is 0 Å². The van der Waals surface area contributed by atoms with E-state index in [9.17, 15) is 14.4 Å². The maximum Gasteiger partial charge on any atom is 0.337 e. The number of carbonyl (C=O) groups excluding carboxylic acids is 3. The first-order valence-electron chi connectivity index (χ1n) is 7.67. The van der Waals surface area contributed by atoms with Gasteiger partial charge >= 0.3 is 5.97 Å². The van der Waals surface area contributed by atoms with Crippen molar-refractivity contribution in [3.05, 3.63) is 75.1 Å². The third kappa shape index (κ3) is 3.81. The number of benzene rings is 2. The Bertz CT molecular complexity index is 908. The molecule has 3 rings (SSSR count). The number of hydrogen-bond acceptors (Lipinski definition) is 5. The molecule has 1 aliphatic heterocycles. The van der Waals surface area contributed by atoms with Gasteiger partial charge < -0.3 is 4.74 Å². The summed E-state index contributed by atoms with van der Waals surface area (Å²) in [7, 11) is 1.31. The van der Waals surface area contributed by atoms with Gasteiger partial charge in [0, 0.05) is 5.02 Å². The van der Waals surface area contributed by atoms with E-state index >= 15 is 0 Å². The first-order valence-corrected chi connectivity index (χ1v) is 8.86. The summed E-state index contributed by atoms with van der Waals surface area (Å²) in [6.07, 6.45) is 1.62. The Kier molecular flexibility index (Phi) is 5.44. The Hall–Kier alpha value is -2.57. The zero-order valence-electron chi connectivity index (χ0n) is 13.8. The molecular weight excluding hydrogens is 374 g/mol. The van der Waals surface area contributed by atoms with Gasteiger partial charge in [-0.3, -0.25) is 14.5 Å². The molecule has 0 aromatic heterocycles. The van der Waals surface area contributed by atoms with Crippen molar-refractivity contribution in [2.75, 3.05) is 7.11 Å². The Morgan fingerprint density at radius 2 is 1.85 bits per heavy atom. The van der Waals surface area contributed by atoms with Crippen LogP contribution in [0.15, 0.2) is 53.4 Å². The standard InChI is InChI=1S/C19H14ClNO4S/c1-25-18(23)13-8-6-12(7-9-13)10-16-17(22)21(19(24)26-16)11-14-4-2-3-5-15(14)20/h2-10H,11H2,1H3/b16-10+. The Morgan fingerprint density at radius 1 is 1.15 bits per heavy atom. The van der Waals surface area contributed by atoms with Crippen LogP contribution in [0.5, 0.6) is 0 Å². The average Bonchev–Trinajstić information content (AvgIpc) is 2.91. The van der Waals surface area contributed by atoms with E-state index in [1.165, 1.54) is 12.0 Å². The summed E-state index contributed by atoms with van der Waals surface area (Å²) < 4.78 is 4.65. The zero-order chi connectivity index (χ0) is 18.7. The van der Waals surface area contributed by atoms with Crippen LogP contribution in [-0.2, 0) is 16.1 Å². The number of rotatable bonds is 4. The molecule has 132 valence electrons. The van der Waals surface area contributed by atoms with Crippen molar-refractivity contribution in [1.29, 1.82) is 0 Å². The highest BCUT2D eigenvalue weighted by Crippen LogP contribution is 2.34. The molecule has 1 saturated heterocycles. The topological polar surface area (TPSA) is 63.7 Å². The molecule has 1 heterocycles. The Balaban J connectivity index is 1.79. The van der Waals surface area contributed by atoms with Gasteiger partial charge in [-0.25, -0.2) is 4.79 Å². The smallest absolute Gasteiger partial charge is 0.337 e. The molecule has 0 N–H and O–H groups in total. The van der Waals surface area contributed by atoms with Crippen LogP contribution in [0.2, 0.25) is 5.02 Å². The number of methoxy groups -OCH3 is 1. The van der Waals surface area contributed by atoms with E-state index in [2.05, 4.69) is 4.74 Å². The summed E-state index contributed by atoms with van der Waals surface area (Å²) in [5.74, 6) is -0.798.